The fourth-order valence-electron chi connectivity index (χ4n) is 4.39. The van der Waals surface area contributed by atoms with Gasteiger partial charge >= 0.3 is 5.97 Å². The summed E-state index contributed by atoms with van der Waals surface area (Å²) >= 11 is 6.51. The van der Waals surface area contributed by atoms with E-state index in [2.05, 4.69) is 0 Å². The molecule has 3 N–H and O–H groups in total. The standard InChI is InChI=1S/C27H33ClO5/c28-24-17-26(30)23(22(24)13-6-1-2-7-14-27(31)32)18-33-21-12-8-11-20(16-21)25(29)15-19-9-4-3-5-10-19/h1,3-6,8-12,16,22-26,29-30H,2,7,13-15,17-18H2,(H,31,32)/b6-1-/t22-,23-,24-,25?,26-/m1/s1. The predicted molar refractivity (Wildman–Crippen MR) is 130 cm³/mol. The lowest BCUT2D eigenvalue weighted by molar-refractivity contribution is -0.137. The van der Waals surface area contributed by atoms with Crippen LogP contribution in [0.25, 0.3) is 0 Å². The van der Waals surface area contributed by atoms with Gasteiger partial charge in [0.15, 0.2) is 0 Å². The minimum atomic E-state index is -0.781. The fourth-order valence-corrected chi connectivity index (χ4v) is 4.86. The zero-order chi connectivity index (χ0) is 23.6. The maximum absolute atomic E-state index is 10.6. The van der Waals surface area contributed by atoms with Crippen LogP contribution in [0.3, 0.4) is 0 Å². The quantitative estimate of drug-likeness (QED) is 0.226. The number of unbranched alkanes of at least 4 members (excludes halogenated alkanes) is 1. The second kappa shape index (κ2) is 12.8. The van der Waals surface area contributed by atoms with E-state index in [0.29, 0.717) is 38.0 Å². The molecule has 0 aliphatic heterocycles. The lowest BCUT2D eigenvalue weighted by Crippen LogP contribution is -2.27. The maximum atomic E-state index is 10.6. The van der Waals surface area contributed by atoms with Crippen molar-refractivity contribution in [1.82, 2.24) is 0 Å². The largest absolute Gasteiger partial charge is 0.493 e. The summed E-state index contributed by atoms with van der Waals surface area (Å²) in [6.07, 6.45) is 6.16. The number of carboxylic acid groups (broad SMARTS) is 1. The summed E-state index contributed by atoms with van der Waals surface area (Å²) in [5.74, 6) is -0.122. The van der Waals surface area contributed by atoms with Crippen LogP contribution in [0.5, 0.6) is 5.75 Å². The van der Waals surface area contributed by atoms with Crippen molar-refractivity contribution in [3.63, 3.8) is 0 Å². The highest BCUT2D eigenvalue weighted by Gasteiger charge is 2.41. The van der Waals surface area contributed by atoms with Crippen molar-refractivity contribution in [2.75, 3.05) is 6.61 Å². The van der Waals surface area contributed by atoms with Crippen LogP contribution in [0, 0.1) is 11.8 Å². The number of hydrogen-bond donors (Lipinski definition) is 3. The molecule has 0 saturated heterocycles. The third-order valence-corrected chi connectivity index (χ3v) is 6.77. The Morgan fingerprint density at radius 1 is 1.12 bits per heavy atom. The Hall–Kier alpha value is -2.34. The van der Waals surface area contributed by atoms with E-state index in [1.54, 1.807) is 0 Å². The van der Waals surface area contributed by atoms with Crippen LogP contribution in [0.1, 0.15) is 49.3 Å². The number of rotatable bonds is 12. The summed E-state index contributed by atoms with van der Waals surface area (Å²) in [4.78, 5) is 10.6. The summed E-state index contributed by atoms with van der Waals surface area (Å²) in [5.41, 5.74) is 1.86. The molecule has 1 aliphatic carbocycles. The van der Waals surface area contributed by atoms with Gasteiger partial charge in [0.25, 0.3) is 0 Å². The average Bonchev–Trinajstić information content (AvgIpc) is 3.07. The maximum Gasteiger partial charge on any atom is 0.303 e. The first-order chi connectivity index (χ1) is 15.9. The van der Waals surface area contributed by atoms with Gasteiger partial charge in [0, 0.05) is 24.1 Å². The monoisotopic (exact) mass is 472 g/mol. The number of aliphatic hydroxyl groups is 2. The minimum Gasteiger partial charge on any atom is -0.493 e. The van der Waals surface area contributed by atoms with Crippen LogP contribution < -0.4 is 4.74 Å². The van der Waals surface area contributed by atoms with Gasteiger partial charge in [0.1, 0.15) is 5.75 Å². The Morgan fingerprint density at radius 2 is 1.91 bits per heavy atom. The average molecular weight is 473 g/mol. The number of benzene rings is 2. The molecule has 33 heavy (non-hydrogen) atoms. The molecule has 1 aliphatic rings. The third-order valence-electron chi connectivity index (χ3n) is 6.27. The fraction of sp³-hybridized carbons (Fsp3) is 0.444. The number of aliphatic hydroxyl groups excluding tert-OH is 2. The molecular formula is C27H33ClO5. The number of carbonyl (C=O) groups is 1. The van der Waals surface area contributed by atoms with Gasteiger partial charge in [-0.25, -0.2) is 0 Å². The lowest BCUT2D eigenvalue weighted by atomic mass is 9.92. The Labute approximate surface area is 200 Å². The zero-order valence-corrected chi connectivity index (χ0v) is 19.5. The Kier molecular flexibility index (Phi) is 9.79. The van der Waals surface area contributed by atoms with Crippen molar-refractivity contribution in [2.45, 2.75) is 56.1 Å². The Bertz CT molecular complexity index is 900. The van der Waals surface area contributed by atoms with Crippen molar-refractivity contribution in [2.24, 2.45) is 11.8 Å². The molecule has 2 aromatic carbocycles. The number of ether oxygens (including phenoxy) is 1. The van der Waals surface area contributed by atoms with E-state index in [0.717, 1.165) is 17.5 Å². The van der Waals surface area contributed by atoms with Gasteiger partial charge in [-0.1, -0.05) is 54.6 Å². The molecule has 0 bridgehead atoms. The van der Waals surface area contributed by atoms with Crippen molar-refractivity contribution < 1.29 is 24.9 Å². The Balaban J connectivity index is 1.54. The molecule has 5 atom stereocenters. The van der Waals surface area contributed by atoms with E-state index in [4.69, 9.17) is 21.4 Å². The molecule has 178 valence electrons. The second-order valence-electron chi connectivity index (χ2n) is 8.73. The number of halogens is 1. The Morgan fingerprint density at radius 3 is 2.67 bits per heavy atom. The summed E-state index contributed by atoms with van der Waals surface area (Å²) in [5, 5.41) is 29.7. The van der Waals surface area contributed by atoms with Gasteiger partial charge in [-0.05, 0) is 54.9 Å². The van der Waals surface area contributed by atoms with Crippen LogP contribution in [0.15, 0.2) is 66.7 Å². The molecule has 0 heterocycles. The van der Waals surface area contributed by atoms with Crippen LogP contribution in [0.4, 0.5) is 0 Å². The predicted octanol–water partition coefficient (Wildman–Crippen LogP) is 5.15. The highest BCUT2D eigenvalue weighted by Crippen LogP contribution is 2.39. The summed E-state index contributed by atoms with van der Waals surface area (Å²) in [6, 6.07) is 17.3. The smallest absolute Gasteiger partial charge is 0.303 e. The second-order valence-corrected chi connectivity index (χ2v) is 9.29. The van der Waals surface area contributed by atoms with E-state index in [1.165, 1.54) is 0 Å². The van der Waals surface area contributed by atoms with Crippen molar-refractivity contribution in [1.29, 1.82) is 0 Å². The molecule has 1 fully saturated rings. The van der Waals surface area contributed by atoms with Gasteiger partial charge in [0.05, 0.1) is 18.8 Å². The van der Waals surface area contributed by atoms with E-state index in [1.807, 2.05) is 66.7 Å². The molecule has 0 amide bonds. The molecule has 0 radical (unpaired) electrons. The molecule has 1 saturated carbocycles. The molecule has 2 aromatic rings. The zero-order valence-electron chi connectivity index (χ0n) is 18.7. The molecule has 6 heteroatoms. The molecule has 5 nitrogen and oxygen atoms in total. The molecule has 0 spiro atoms. The van der Waals surface area contributed by atoms with E-state index in [-0.39, 0.29) is 23.6 Å². The number of allylic oxidation sites excluding steroid dienone is 2. The molecular weight excluding hydrogens is 440 g/mol. The highest BCUT2D eigenvalue weighted by molar-refractivity contribution is 6.21. The van der Waals surface area contributed by atoms with E-state index < -0.39 is 18.2 Å². The molecule has 1 unspecified atom stereocenters. The molecule has 0 aromatic heterocycles. The number of aliphatic carboxylic acids is 1. The lowest BCUT2D eigenvalue weighted by Gasteiger charge is -2.23. The van der Waals surface area contributed by atoms with Crippen molar-refractivity contribution in [3.05, 3.63) is 77.9 Å². The van der Waals surface area contributed by atoms with Crippen molar-refractivity contribution >= 4 is 17.6 Å². The van der Waals surface area contributed by atoms with Gasteiger partial charge in [-0.2, -0.15) is 0 Å². The van der Waals surface area contributed by atoms with Gasteiger partial charge < -0.3 is 20.1 Å². The topological polar surface area (TPSA) is 87.0 Å². The van der Waals surface area contributed by atoms with Crippen LogP contribution in [-0.4, -0.2) is 39.4 Å². The first kappa shape index (κ1) is 25.3. The summed E-state index contributed by atoms with van der Waals surface area (Å²) < 4.78 is 6.03. The van der Waals surface area contributed by atoms with Gasteiger partial charge in [-0.3, -0.25) is 4.79 Å². The third kappa shape index (κ3) is 7.88. The highest BCUT2D eigenvalue weighted by atomic mass is 35.5. The summed E-state index contributed by atoms with van der Waals surface area (Å²) in [6.45, 7) is 0.347. The van der Waals surface area contributed by atoms with Crippen molar-refractivity contribution in [3.8, 4) is 5.75 Å². The van der Waals surface area contributed by atoms with Gasteiger partial charge in [0.2, 0.25) is 0 Å². The number of hydrogen-bond acceptors (Lipinski definition) is 4. The van der Waals surface area contributed by atoms with Crippen LogP contribution in [0.2, 0.25) is 0 Å². The number of alkyl halides is 1. The van der Waals surface area contributed by atoms with Crippen LogP contribution >= 0.6 is 11.6 Å². The molecule has 3 rings (SSSR count). The first-order valence-corrected chi connectivity index (χ1v) is 12.0. The first-order valence-electron chi connectivity index (χ1n) is 11.6. The van der Waals surface area contributed by atoms with Crippen LogP contribution in [-0.2, 0) is 11.2 Å². The SMILES string of the molecule is O=C(O)CCC/C=C\C[C@@H]1[C@@H](COc2cccc(C(O)Cc3ccccc3)c2)[C@H](O)C[C@H]1Cl. The van der Waals surface area contributed by atoms with Gasteiger partial charge in [-0.15, -0.1) is 11.6 Å². The number of carboxylic acids is 1. The normalized spacial score (nSPS) is 23.6. The summed E-state index contributed by atoms with van der Waals surface area (Å²) in [7, 11) is 0. The van der Waals surface area contributed by atoms with E-state index >= 15 is 0 Å². The van der Waals surface area contributed by atoms with E-state index in [9.17, 15) is 15.0 Å². The minimum absolute atomic E-state index is 0.0873.